The van der Waals surface area contributed by atoms with Crippen LogP contribution < -0.4 is 4.74 Å². The Bertz CT molecular complexity index is 399. The summed E-state index contributed by atoms with van der Waals surface area (Å²) in [5.74, 6) is 1.61. The Morgan fingerprint density at radius 3 is 2.38 bits per heavy atom. The van der Waals surface area contributed by atoms with Crippen molar-refractivity contribution in [3.8, 4) is 5.75 Å². The second-order valence-corrected chi connectivity index (χ2v) is 6.09. The molecular formula is C19H30O2. The van der Waals surface area contributed by atoms with Crippen molar-refractivity contribution < 1.29 is 9.47 Å². The van der Waals surface area contributed by atoms with Crippen LogP contribution in [0, 0.1) is 0 Å². The smallest absolute Gasteiger partial charge is 0.119 e. The molecule has 0 radical (unpaired) electrons. The predicted octanol–water partition coefficient (Wildman–Crippen LogP) is 5.32. The van der Waals surface area contributed by atoms with E-state index in [0.717, 1.165) is 31.6 Å². The molecule has 0 aromatic heterocycles. The van der Waals surface area contributed by atoms with Crippen LogP contribution in [0.5, 0.6) is 5.75 Å². The van der Waals surface area contributed by atoms with E-state index in [1.807, 2.05) is 0 Å². The van der Waals surface area contributed by atoms with Gasteiger partial charge in [0.05, 0.1) is 18.8 Å². The maximum atomic E-state index is 5.78. The second-order valence-electron chi connectivity index (χ2n) is 6.09. The predicted molar refractivity (Wildman–Crippen MR) is 88.1 cm³/mol. The highest BCUT2D eigenvalue weighted by Crippen LogP contribution is 2.36. The first-order valence-corrected chi connectivity index (χ1v) is 8.66. The maximum Gasteiger partial charge on any atom is 0.119 e. The summed E-state index contributed by atoms with van der Waals surface area (Å²) in [5, 5.41) is 0. The van der Waals surface area contributed by atoms with E-state index in [0.29, 0.717) is 18.1 Å². The fourth-order valence-electron chi connectivity index (χ4n) is 2.94. The highest BCUT2D eigenvalue weighted by molar-refractivity contribution is 5.29. The van der Waals surface area contributed by atoms with Crippen molar-refractivity contribution in [3.05, 3.63) is 29.8 Å². The molecule has 1 aromatic rings. The second kappa shape index (κ2) is 8.43. The van der Waals surface area contributed by atoms with Crippen molar-refractivity contribution in [1.29, 1.82) is 0 Å². The summed E-state index contributed by atoms with van der Waals surface area (Å²) < 4.78 is 11.5. The van der Waals surface area contributed by atoms with E-state index in [2.05, 4.69) is 45.0 Å². The molecule has 0 amide bonds. The van der Waals surface area contributed by atoms with Gasteiger partial charge in [-0.3, -0.25) is 0 Å². The first kappa shape index (κ1) is 16.4. The molecule has 3 atom stereocenters. The normalized spacial score (nSPS) is 22.0. The Morgan fingerprint density at radius 2 is 1.81 bits per heavy atom. The molecule has 21 heavy (non-hydrogen) atoms. The molecule has 2 nitrogen and oxygen atoms in total. The number of hydrogen-bond donors (Lipinski definition) is 0. The van der Waals surface area contributed by atoms with Gasteiger partial charge in [-0.25, -0.2) is 0 Å². The molecule has 0 spiro atoms. The van der Waals surface area contributed by atoms with Gasteiger partial charge in [-0.05, 0) is 49.3 Å². The Kier molecular flexibility index (Phi) is 6.56. The third kappa shape index (κ3) is 5.03. The van der Waals surface area contributed by atoms with Crippen LogP contribution in [-0.4, -0.2) is 18.8 Å². The Labute approximate surface area is 129 Å². The van der Waals surface area contributed by atoms with Gasteiger partial charge in [-0.2, -0.15) is 0 Å². The van der Waals surface area contributed by atoms with Gasteiger partial charge in [0, 0.05) is 0 Å². The third-order valence-electron chi connectivity index (χ3n) is 4.47. The fourth-order valence-corrected chi connectivity index (χ4v) is 2.94. The monoisotopic (exact) mass is 290 g/mol. The zero-order chi connectivity index (χ0) is 15.1. The molecule has 0 bridgehead atoms. The molecule has 1 aromatic carbocycles. The highest BCUT2D eigenvalue weighted by Gasteiger charge is 2.38. The van der Waals surface area contributed by atoms with E-state index in [9.17, 15) is 0 Å². The zero-order valence-corrected chi connectivity index (χ0v) is 13.8. The van der Waals surface area contributed by atoms with Crippen LogP contribution >= 0.6 is 0 Å². The summed E-state index contributed by atoms with van der Waals surface area (Å²) in [6.07, 6.45) is 8.11. The molecule has 1 fully saturated rings. The number of ether oxygens (including phenoxy) is 2. The van der Waals surface area contributed by atoms with Gasteiger partial charge >= 0.3 is 0 Å². The first-order valence-electron chi connectivity index (χ1n) is 8.66. The average Bonchev–Trinajstić information content (AvgIpc) is 3.28. The van der Waals surface area contributed by atoms with Crippen molar-refractivity contribution in [3.63, 3.8) is 0 Å². The quantitative estimate of drug-likeness (QED) is 0.430. The molecule has 1 heterocycles. The zero-order valence-electron chi connectivity index (χ0n) is 13.8. The van der Waals surface area contributed by atoms with E-state index >= 15 is 0 Å². The van der Waals surface area contributed by atoms with Crippen LogP contribution in [0.2, 0.25) is 0 Å². The fraction of sp³-hybridized carbons (Fsp3) is 0.684. The van der Waals surface area contributed by atoms with Crippen molar-refractivity contribution in [2.75, 3.05) is 6.61 Å². The van der Waals surface area contributed by atoms with E-state index in [1.54, 1.807) is 0 Å². The van der Waals surface area contributed by atoms with Crippen LogP contribution in [0.25, 0.3) is 0 Å². The summed E-state index contributed by atoms with van der Waals surface area (Å²) in [6.45, 7) is 7.52. The van der Waals surface area contributed by atoms with Crippen LogP contribution in [0.15, 0.2) is 24.3 Å². The summed E-state index contributed by atoms with van der Waals surface area (Å²) in [4.78, 5) is 0. The van der Waals surface area contributed by atoms with Crippen LogP contribution in [0.1, 0.15) is 70.8 Å². The molecule has 118 valence electrons. The van der Waals surface area contributed by atoms with Gasteiger partial charge < -0.3 is 9.47 Å². The Morgan fingerprint density at radius 1 is 1.05 bits per heavy atom. The first-order chi connectivity index (χ1) is 10.3. The van der Waals surface area contributed by atoms with Gasteiger partial charge in [-0.1, -0.05) is 45.7 Å². The van der Waals surface area contributed by atoms with Gasteiger partial charge in [0.15, 0.2) is 0 Å². The Balaban J connectivity index is 1.81. The molecule has 1 saturated heterocycles. The number of epoxide rings is 1. The van der Waals surface area contributed by atoms with Gasteiger partial charge in [0.1, 0.15) is 5.75 Å². The number of rotatable bonds is 10. The van der Waals surface area contributed by atoms with Crippen LogP contribution in [0.3, 0.4) is 0 Å². The number of unbranched alkanes of at least 4 members (excludes halogenated alkanes) is 2. The summed E-state index contributed by atoms with van der Waals surface area (Å²) in [7, 11) is 0. The molecule has 2 heteroatoms. The molecular weight excluding hydrogens is 260 g/mol. The summed E-state index contributed by atoms with van der Waals surface area (Å²) >= 11 is 0. The minimum Gasteiger partial charge on any atom is -0.494 e. The number of benzene rings is 1. The lowest BCUT2D eigenvalue weighted by molar-refractivity contribution is 0.306. The minimum atomic E-state index is 0.491. The largest absolute Gasteiger partial charge is 0.494 e. The van der Waals surface area contributed by atoms with Crippen LogP contribution in [0.4, 0.5) is 0 Å². The van der Waals surface area contributed by atoms with Crippen molar-refractivity contribution in [2.45, 2.75) is 77.4 Å². The maximum absolute atomic E-state index is 5.78. The molecule has 0 aliphatic carbocycles. The van der Waals surface area contributed by atoms with E-state index in [4.69, 9.17) is 9.47 Å². The van der Waals surface area contributed by atoms with E-state index in [-0.39, 0.29) is 0 Å². The van der Waals surface area contributed by atoms with Gasteiger partial charge in [0.2, 0.25) is 0 Å². The highest BCUT2D eigenvalue weighted by atomic mass is 16.6. The lowest BCUT2D eigenvalue weighted by Gasteiger charge is -2.15. The Hall–Kier alpha value is -1.02. The van der Waals surface area contributed by atoms with E-state index < -0.39 is 0 Å². The number of hydrogen-bond acceptors (Lipinski definition) is 2. The molecule has 0 saturated carbocycles. The SMILES string of the molecule is CCCCCOc1ccc(C(CC)CC2OC2CC)cc1. The van der Waals surface area contributed by atoms with Crippen LogP contribution in [-0.2, 0) is 4.74 Å². The standard InChI is InChI=1S/C19H30O2/c1-4-7-8-13-20-17-11-9-16(10-12-17)15(5-2)14-19-18(6-3)21-19/h9-12,15,18-19H,4-8,13-14H2,1-3H3. The summed E-state index contributed by atoms with van der Waals surface area (Å²) in [6, 6.07) is 8.70. The molecule has 1 aliphatic heterocycles. The topological polar surface area (TPSA) is 21.8 Å². The summed E-state index contributed by atoms with van der Waals surface area (Å²) in [5.41, 5.74) is 1.42. The molecule has 0 N–H and O–H groups in total. The van der Waals surface area contributed by atoms with Gasteiger partial charge in [-0.15, -0.1) is 0 Å². The molecule has 1 aliphatic rings. The van der Waals surface area contributed by atoms with Crippen molar-refractivity contribution in [2.24, 2.45) is 0 Å². The van der Waals surface area contributed by atoms with Gasteiger partial charge in [0.25, 0.3) is 0 Å². The average molecular weight is 290 g/mol. The van der Waals surface area contributed by atoms with E-state index in [1.165, 1.54) is 24.8 Å². The van der Waals surface area contributed by atoms with Crippen molar-refractivity contribution >= 4 is 0 Å². The van der Waals surface area contributed by atoms with Crippen molar-refractivity contribution in [1.82, 2.24) is 0 Å². The lowest BCUT2D eigenvalue weighted by atomic mass is 9.91. The minimum absolute atomic E-state index is 0.491. The lowest BCUT2D eigenvalue weighted by Crippen LogP contribution is -2.04. The molecule has 3 unspecified atom stereocenters. The molecule has 2 rings (SSSR count). The third-order valence-corrected chi connectivity index (χ3v) is 4.47.